The average molecular weight is 383 g/mol. The van der Waals surface area contributed by atoms with Crippen LogP contribution in [0, 0.1) is 6.92 Å². The molecule has 1 atom stereocenters. The van der Waals surface area contributed by atoms with Gasteiger partial charge >= 0.3 is 0 Å². The predicted molar refractivity (Wildman–Crippen MR) is 105 cm³/mol. The smallest absolute Gasteiger partial charge is 0.273 e. The van der Waals surface area contributed by atoms with Gasteiger partial charge in [0.2, 0.25) is 5.91 Å². The molecule has 3 N–H and O–H groups in total. The van der Waals surface area contributed by atoms with Gasteiger partial charge in [0.1, 0.15) is 25.0 Å². The number of ether oxygens (including phenoxy) is 1. The van der Waals surface area contributed by atoms with Gasteiger partial charge in [-0.15, -0.1) is 0 Å². The van der Waals surface area contributed by atoms with Crippen molar-refractivity contribution in [2.24, 2.45) is 0 Å². The number of H-pyrrole nitrogens is 1. The summed E-state index contributed by atoms with van der Waals surface area (Å²) in [4.78, 5) is 36.5. The van der Waals surface area contributed by atoms with Crippen LogP contribution >= 0.6 is 0 Å². The van der Waals surface area contributed by atoms with E-state index in [1.807, 2.05) is 25.1 Å². The molecule has 28 heavy (non-hydrogen) atoms. The van der Waals surface area contributed by atoms with Crippen LogP contribution < -0.4 is 21.2 Å². The number of rotatable bonds is 7. The molecule has 1 heterocycles. The normalized spacial score (nSPS) is 11.9. The van der Waals surface area contributed by atoms with Crippen LogP contribution in [0.1, 0.15) is 5.56 Å². The lowest BCUT2D eigenvalue weighted by Gasteiger charge is -2.14. The Labute approximate surface area is 160 Å². The van der Waals surface area contributed by atoms with Crippen molar-refractivity contribution in [2.45, 2.75) is 19.6 Å². The Hall–Kier alpha value is -3.39. The zero-order valence-corrected chi connectivity index (χ0v) is 15.3. The maximum Gasteiger partial charge on any atom is 0.273 e. The van der Waals surface area contributed by atoms with E-state index in [2.05, 4.69) is 10.4 Å². The molecule has 0 bridgehead atoms. The van der Waals surface area contributed by atoms with Gasteiger partial charge in [-0.25, -0.2) is 4.68 Å². The molecule has 1 aromatic heterocycles. The lowest BCUT2D eigenvalue weighted by molar-refractivity contribution is -0.122. The summed E-state index contributed by atoms with van der Waals surface area (Å²) in [5.41, 5.74) is 0.124. The summed E-state index contributed by atoms with van der Waals surface area (Å²) < 4.78 is 6.43. The second-order valence-corrected chi connectivity index (χ2v) is 6.46. The number of carbonyl (C=O) groups excluding carboxylic acids is 1. The molecule has 0 spiro atoms. The van der Waals surface area contributed by atoms with Crippen LogP contribution in [0.15, 0.2) is 58.1 Å². The van der Waals surface area contributed by atoms with Crippen LogP contribution in [-0.4, -0.2) is 40.0 Å². The van der Waals surface area contributed by atoms with Crippen molar-refractivity contribution in [1.29, 1.82) is 0 Å². The molecule has 0 saturated carbocycles. The van der Waals surface area contributed by atoms with E-state index in [9.17, 15) is 19.5 Å². The average Bonchev–Trinajstić information content (AvgIpc) is 2.69. The van der Waals surface area contributed by atoms with Crippen molar-refractivity contribution in [2.75, 3.05) is 13.2 Å². The zero-order valence-electron chi connectivity index (χ0n) is 15.3. The monoisotopic (exact) mass is 383 g/mol. The highest BCUT2D eigenvalue weighted by molar-refractivity contribution is 5.81. The first kappa shape index (κ1) is 19.4. The molecule has 3 rings (SSSR count). The predicted octanol–water partition coefficient (Wildman–Crippen LogP) is 0.554. The molecule has 8 heteroatoms. The van der Waals surface area contributed by atoms with E-state index in [1.54, 1.807) is 24.3 Å². The molecule has 0 fully saturated rings. The number of fused-ring (bicyclic) bond motifs is 1. The van der Waals surface area contributed by atoms with Crippen molar-refractivity contribution in [3.05, 3.63) is 74.8 Å². The molecule has 1 amide bonds. The van der Waals surface area contributed by atoms with Crippen molar-refractivity contribution in [1.82, 2.24) is 15.1 Å². The molecule has 1 unspecified atom stereocenters. The summed E-state index contributed by atoms with van der Waals surface area (Å²) in [5, 5.41) is 15.4. The first-order chi connectivity index (χ1) is 13.4. The second kappa shape index (κ2) is 8.53. The summed E-state index contributed by atoms with van der Waals surface area (Å²) in [6.45, 7) is 1.54. The minimum Gasteiger partial charge on any atom is -0.491 e. The molecular weight excluding hydrogens is 362 g/mol. The summed E-state index contributed by atoms with van der Waals surface area (Å²) in [7, 11) is 0. The van der Waals surface area contributed by atoms with Gasteiger partial charge in [0, 0.05) is 6.54 Å². The Morgan fingerprint density at radius 1 is 1.18 bits per heavy atom. The lowest BCUT2D eigenvalue weighted by atomic mass is 10.2. The Balaban J connectivity index is 1.56. The summed E-state index contributed by atoms with van der Waals surface area (Å²) in [5.74, 6) is 0.119. The molecule has 8 nitrogen and oxygen atoms in total. The third kappa shape index (κ3) is 4.66. The van der Waals surface area contributed by atoms with Crippen molar-refractivity contribution >= 4 is 16.7 Å². The zero-order chi connectivity index (χ0) is 20.1. The van der Waals surface area contributed by atoms with Crippen LogP contribution in [-0.2, 0) is 11.3 Å². The number of aryl methyl sites for hydroxylation is 1. The topological polar surface area (TPSA) is 113 Å². The minimum atomic E-state index is -0.920. The Morgan fingerprint density at radius 3 is 2.68 bits per heavy atom. The van der Waals surface area contributed by atoms with E-state index < -0.39 is 23.1 Å². The van der Waals surface area contributed by atoms with E-state index in [0.717, 1.165) is 10.2 Å². The fraction of sp³-hybridized carbons (Fsp3) is 0.250. The second-order valence-electron chi connectivity index (χ2n) is 6.46. The number of aliphatic hydroxyl groups is 1. The van der Waals surface area contributed by atoms with Gasteiger partial charge in [0.15, 0.2) is 0 Å². The minimum absolute atomic E-state index is 0.0104. The number of aromatic amines is 1. The fourth-order valence-corrected chi connectivity index (χ4v) is 2.75. The largest absolute Gasteiger partial charge is 0.491 e. The number of benzene rings is 2. The standard InChI is InChI=1S/C20H21N3O5/c1-13-5-4-6-15(9-13)28-12-14(24)10-21-18(25)11-23-20(27)17-8-3-2-7-16(17)19(26)22-23/h2-9,14,24H,10-12H2,1H3,(H,21,25)(H,22,26). The molecule has 146 valence electrons. The molecule has 0 saturated heterocycles. The Morgan fingerprint density at radius 2 is 1.93 bits per heavy atom. The number of hydrogen-bond acceptors (Lipinski definition) is 5. The van der Waals surface area contributed by atoms with Gasteiger partial charge in [-0.3, -0.25) is 19.5 Å². The quantitative estimate of drug-likeness (QED) is 0.552. The van der Waals surface area contributed by atoms with Crippen LogP contribution in [0.5, 0.6) is 5.75 Å². The number of carbonyl (C=O) groups is 1. The maximum absolute atomic E-state index is 12.4. The third-order valence-corrected chi connectivity index (χ3v) is 4.15. The lowest BCUT2D eigenvalue weighted by Crippen LogP contribution is -2.40. The molecule has 3 aromatic rings. The molecular formula is C20H21N3O5. The van der Waals surface area contributed by atoms with Gasteiger partial charge in [-0.2, -0.15) is 0 Å². The van der Waals surface area contributed by atoms with Crippen molar-refractivity contribution < 1.29 is 14.6 Å². The van der Waals surface area contributed by atoms with Crippen LogP contribution in [0.2, 0.25) is 0 Å². The molecule has 0 aliphatic rings. The maximum atomic E-state index is 12.4. The number of aliphatic hydroxyl groups excluding tert-OH is 1. The van der Waals surface area contributed by atoms with E-state index in [-0.39, 0.29) is 30.5 Å². The highest BCUT2D eigenvalue weighted by Crippen LogP contribution is 2.12. The Kier molecular flexibility index (Phi) is 5.90. The number of hydrogen-bond donors (Lipinski definition) is 3. The van der Waals surface area contributed by atoms with Gasteiger partial charge < -0.3 is 15.2 Å². The first-order valence-electron chi connectivity index (χ1n) is 8.80. The summed E-state index contributed by atoms with van der Waals surface area (Å²) in [6.07, 6.45) is -0.920. The van der Waals surface area contributed by atoms with Gasteiger partial charge in [0.25, 0.3) is 11.1 Å². The van der Waals surface area contributed by atoms with E-state index in [4.69, 9.17) is 4.74 Å². The number of amides is 1. The summed E-state index contributed by atoms with van der Waals surface area (Å²) in [6, 6.07) is 13.8. The fourth-order valence-electron chi connectivity index (χ4n) is 2.75. The molecule has 0 aliphatic heterocycles. The number of aromatic nitrogens is 2. The first-order valence-corrected chi connectivity index (χ1v) is 8.80. The SMILES string of the molecule is Cc1cccc(OCC(O)CNC(=O)Cn2[nH]c(=O)c3ccccc3c2=O)c1. The van der Waals surface area contributed by atoms with Gasteiger partial charge in [-0.1, -0.05) is 24.3 Å². The van der Waals surface area contributed by atoms with E-state index in [0.29, 0.717) is 5.75 Å². The van der Waals surface area contributed by atoms with Crippen molar-refractivity contribution in [3.8, 4) is 5.75 Å². The van der Waals surface area contributed by atoms with Crippen LogP contribution in [0.25, 0.3) is 10.8 Å². The highest BCUT2D eigenvalue weighted by Gasteiger charge is 2.12. The van der Waals surface area contributed by atoms with Crippen molar-refractivity contribution in [3.63, 3.8) is 0 Å². The number of nitrogens with one attached hydrogen (secondary N) is 2. The van der Waals surface area contributed by atoms with Crippen LogP contribution in [0.4, 0.5) is 0 Å². The molecule has 0 aliphatic carbocycles. The van der Waals surface area contributed by atoms with Gasteiger partial charge in [0.05, 0.1) is 10.8 Å². The summed E-state index contributed by atoms with van der Waals surface area (Å²) >= 11 is 0. The van der Waals surface area contributed by atoms with Gasteiger partial charge in [-0.05, 0) is 36.8 Å². The molecule has 2 aromatic carbocycles. The third-order valence-electron chi connectivity index (χ3n) is 4.15. The number of nitrogens with zero attached hydrogens (tertiary/aromatic N) is 1. The van der Waals surface area contributed by atoms with E-state index in [1.165, 1.54) is 6.07 Å². The van der Waals surface area contributed by atoms with E-state index >= 15 is 0 Å². The van der Waals surface area contributed by atoms with Crippen LogP contribution in [0.3, 0.4) is 0 Å². The molecule has 0 radical (unpaired) electrons. The highest BCUT2D eigenvalue weighted by atomic mass is 16.5. The Bertz CT molecular complexity index is 1100.